The van der Waals surface area contributed by atoms with Gasteiger partial charge in [-0.05, 0) is 18.9 Å². The van der Waals surface area contributed by atoms with Crippen molar-refractivity contribution in [2.45, 2.75) is 25.8 Å². The van der Waals surface area contributed by atoms with Crippen molar-refractivity contribution in [3.05, 3.63) is 47.3 Å². The number of carbonyl (C=O) groups is 1. The lowest BCUT2D eigenvalue weighted by molar-refractivity contribution is 0.0518. The lowest BCUT2D eigenvalue weighted by Gasteiger charge is -2.05. The van der Waals surface area contributed by atoms with E-state index in [9.17, 15) is 4.79 Å². The number of aryl methyl sites for hydroxylation is 2. The Morgan fingerprint density at radius 2 is 2.10 bits per heavy atom. The van der Waals surface area contributed by atoms with Crippen LogP contribution in [0.1, 0.15) is 28.7 Å². The van der Waals surface area contributed by atoms with Gasteiger partial charge in [0.25, 0.3) is 0 Å². The molecule has 20 heavy (non-hydrogen) atoms. The fourth-order valence-corrected chi connectivity index (χ4v) is 2.15. The predicted octanol–water partition coefficient (Wildman–Crippen LogP) is 2.44. The number of esters is 1. The molecule has 2 aromatic rings. The molecule has 6 heteroatoms. The minimum absolute atomic E-state index is 0.177. The summed E-state index contributed by atoms with van der Waals surface area (Å²) in [5, 5.41) is 7.86. The third-order valence-corrected chi connectivity index (χ3v) is 3.14. The molecule has 0 saturated heterocycles. The fraction of sp³-hybridized carbons (Fsp3) is 0.357. The van der Waals surface area contributed by atoms with E-state index in [1.807, 2.05) is 30.3 Å². The number of hydrogen-bond donors (Lipinski definition) is 0. The molecule has 0 aliphatic rings. The summed E-state index contributed by atoms with van der Waals surface area (Å²) < 4.78 is 6.59. The maximum atomic E-state index is 11.7. The molecule has 1 aromatic heterocycles. The van der Waals surface area contributed by atoms with Crippen LogP contribution in [0.2, 0.25) is 0 Å². The van der Waals surface area contributed by atoms with E-state index in [1.54, 1.807) is 11.6 Å². The Bertz CT molecular complexity index is 569. The molecule has 1 heterocycles. The van der Waals surface area contributed by atoms with Gasteiger partial charge in [-0.15, -0.1) is 16.7 Å². The van der Waals surface area contributed by atoms with Gasteiger partial charge in [-0.1, -0.05) is 35.5 Å². The van der Waals surface area contributed by atoms with E-state index in [4.69, 9.17) is 16.3 Å². The molecule has 0 amide bonds. The van der Waals surface area contributed by atoms with Crippen LogP contribution in [-0.2, 0) is 23.6 Å². The highest BCUT2D eigenvalue weighted by Gasteiger charge is 2.19. The first-order chi connectivity index (χ1) is 9.76. The van der Waals surface area contributed by atoms with Crippen molar-refractivity contribution in [3.8, 4) is 0 Å². The van der Waals surface area contributed by atoms with E-state index in [2.05, 4.69) is 10.3 Å². The van der Waals surface area contributed by atoms with Crippen LogP contribution in [0.5, 0.6) is 0 Å². The highest BCUT2D eigenvalue weighted by Crippen LogP contribution is 2.11. The van der Waals surface area contributed by atoms with E-state index in [-0.39, 0.29) is 11.6 Å². The normalized spacial score (nSPS) is 10.5. The average Bonchev–Trinajstić information content (AvgIpc) is 2.89. The number of hydrogen-bond acceptors (Lipinski definition) is 4. The van der Waals surface area contributed by atoms with Crippen LogP contribution in [0.15, 0.2) is 30.3 Å². The van der Waals surface area contributed by atoms with Crippen LogP contribution in [0.25, 0.3) is 0 Å². The maximum absolute atomic E-state index is 11.7. The third kappa shape index (κ3) is 3.36. The number of rotatable bonds is 6. The van der Waals surface area contributed by atoms with Crippen LogP contribution >= 0.6 is 11.6 Å². The molecular weight excluding hydrogens is 278 g/mol. The second-order valence-corrected chi connectivity index (χ2v) is 4.46. The summed E-state index contributed by atoms with van der Waals surface area (Å²) in [6.07, 6.45) is 0.802. The van der Waals surface area contributed by atoms with Crippen LogP contribution in [0.4, 0.5) is 0 Å². The Hall–Kier alpha value is -1.88. The average molecular weight is 294 g/mol. The van der Waals surface area contributed by atoms with Crippen LogP contribution < -0.4 is 0 Å². The number of benzene rings is 1. The second-order valence-electron chi connectivity index (χ2n) is 4.20. The first kappa shape index (κ1) is 14.5. The van der Waals surface area contributed by atoms with Crippen molar-refractivity contribution in [1.82, 2.24) is 15.0 Å². The zero-order valence-corrected chi connectivity index (χ0v) is 12.0. The van der Waals surface area contributed by atoms with Crippen LogP contribution in [0, 0.1) is 0 Å². The van der Waals surface area contributed by atoms with E-state index < -0.39 is 5.97 Å². The van der Waals surface area contributed by atoms with E-state index >= 15 is 0 Å². The Labute approximate surface area is 122 Å². The molecule has 0 atom stereocenters. The molecule has 106 valence electrons. The van der Waals surface area contributed by atoms with Gasteiger partial charge in [0, 0.05) is 6.54 Å². The smallest absolute Gasteiger partial charge is 0.360 e. The zero-order chi connectivity index (χ0) is 14.4. The molecule has 0 N–H and O–H groups in total. The number of aromatic nitrogens is 3. The summed E-state index contributed by atoms with van der Waals surface area (Å²) in [5.41, 5.74) is 2.00. The van der Waals surface area contributed by atoms with Gasteiger partial charge in [0.15, 0.2) is 5.69 Å². The van der Waals surface area contributed by atoms with E-state index in [0.717, 1.165) is 6.42 Å². The van der Waals surface area contributed by atoms with Gasteiger partial charge in [-0.3, -0.25) is 0 Å². The molecule has 0 saturated carbocycles. The Balaban J connectivity index is 2.10. The first-order valence-corrected chi connectivity index (χ1v) is 6.99. The molecule has 1 aromatic carbocycles. The molecular formula is C14H16ClN3O2. The van der Waals surface area contributed by atoms with Gasteiger partial charge in [0.2, 0.25) is 0 Å². The number of halogens is 1. The summed E-state index contributed by atoms with van der Waals surface area (Å²) in [5.74, 6) is -0.301. The van der Waals surface area contributed by atoms with Crippen LogP contribution in [-0.4, -0.2) is 27.6 Å². The monoisotopic (exact) mass is 293 g/mol. The maximum Gasteiger partial charge on any atom is 0.360 e. The minimum atomic E-state index is -0.478. The standard InChI is InChI=1S/C14H16ClN3O2/c1-2-20-14(19)13-12(10-15)18(17-16-13)9-8-11-6-4-3-5-7-11/h3-7H,2,8-10H2,1H3. The van der Waals surface area contributed by atoms with Crippen molar-refractivity contribution in [1.29, 1.82) is 0 Å². The molecule has 5 nitrogen and oxygen atoms in total. The Morgan fingerprint density at radius 3 is 2.75 bits per heavy atom. The van der Waals surface area contributed by atoms with Crippen LogP contribution in [0.3, 0.4) is 0 Å². The van der Waals surface area contributed by atoms with Gasteiger partial charge in [0.1, 0.15) is 0 Å². The van der Waals surface area contributed by atoms with Gasteiger partial charge in [-0.2, -0.15) is 0 Å². The van der Waals surface area contributed by atoms with Gasteiger partial charge < -0.3 is 4.74 Å². The van der Waals surface area contributed by atoms with Crippen molar-refractivity contribution in [2.24, 2.45) is 0 Å². The molecule has 2 rings (SSSR count). The summed E-state index contributed by atoms with van der Waals surface area (Å²) in [4.78, 5) is 11.7. The number of alkyl halides is 1. The van der Waals surface area contributed by atoms with Gasteiger partial charge in [0.05, 0.1) is 18.2 Å². The summed E-state index contributed by atoms with van der Waals surface area (Å²) in [6.45, 7) is 2.67. The first-order valence-electron chi connectivity index (χ1n) is 6.45. The summed E-state index contributed by atoms with van der Waals surface area (Å²) >= 11 is 5.90. The SMILES string of the molecule is CCOC(=O)c1nnn(CCc2ccccc2)c1CCl. The topological polar surface area (TPSA) is 57.0 Å². The van der Waals surface area contributed by atoms with Crippen molar-refractivity contribution in [3.63, 3.8) is 0 Å². The Morgan fingerprint density at radius 1 is 1.35 bits per heavy atom. The lowest BCUT2D eigenvalue weighted by Crippen LogP contribution is -2.11. The summed E-state index contributed by atoms with van der Waals surface area (Å²) in [6, 6.07) is 10.0. The Kier molecular flexibility index (Phi) is 5.12. The largest absolute Gasteiger partial charge is 0.461 e. The van der Waals surface area contributed by atoms with E-state index in [0.29, 0.717) is 18.8 Å². The number of carbonyl (C=O) groups excluding carboxylic acids is 1. The lowest BCUT2D eigenvalue weighted by atomic mass is 10.1. The molecule has 0 fully saturated rings. The molecule has 0 radical (unpaired) electrons. The third-order valence-electron chi connectivity index (χ3n) is 2.89. The molecule has 0 aliphatic carbocycles. The van der Waals surface area contributed by atoms with Gasteiger partial charge >= 0.3 is 5.97 Å². The number of ether oxygens (including phenoxy) is 1. The highest BCUT2D eigenvalue weighted by atomic mass is 35.5. The quantitative estimate of drug-likeness (QED) is 0.606. The molecule has 0 unspecified atom stereocenters. The summed E-state index contributed by atoms with van der Waals surface area (Å²) in [7, 11) is 0. The second kappa shape index (κ2) is 7.05. The number of nitrogens with zero attached hydrogens (tertiary/aromatic N) is 3. The van der Waals surface area contributed by atoms with Gasteiger partial charge in [-0.25, -0.2) is 9.48 Å². The molecule has 0 aliphatic heterocycles. The molecule has 0 bridgehead atoms. The van der Waals surface area contributed by atoms with Crippen molar-refractivity contribution < 1.29 is 9.53 Å². The predicted molar refractivity (Wildman–Crippen MR) is 75.7 cm³/mol. The molecule has 0 spiro atoms. The van der Waals surface area contributed by atoms with E-state index in [1.165, 1.54) is 5.56 Å². The van der Waals surface area contributed by atoms with Crippen molar-refractivity contribution >= 4 is 17.6 Å². The minimum Gasteiger partial charge on any atom is -0.461 e. The highest BCUT2D eigenvalue weighted by molar-refractivity contribution is 6.17. The van der Waals surface area contributed by atoms with Crippen molar-refractivity contribution in [2.75, 3.05) is 6.61 Å². The fourth-order valence-electron chi connectivity index (χ4n) is 1.88. The zero-order valence-electron chi connectivity index (χ0n) is 11.3.